The highest BCUT2D eigenvalue weighted by Gasteiger charge is 2.43. The van der Waals surface area contributed by atoms with E-state index in [4.69, 9.17) is 0 Å². The summed E-state index contributed by atoms with van der Waals surface area (Å²) in [6.07, 6.45) is -21.1. The molecule has 0 amide bonds. The molecule has 0 bridgehead atoms. The molecule has 0 aliphatic carbocycles. The predicted molar refractivity (Wildman–Crippen MR) is 114 cm³/mol. The Hall–Kier alpha value is -2.10. The summed E-state index contributed by atoms with van der Waals surface area (Å²) in [7, 11) is -2.21. The largest absolute Gasteiger partial charge is 0.416 e. The van der Waals surface area contributed by atoms with Crippen LogP contribution in [0.3, 0.4) is 0 Å². The maximum Gasteiger partial charge on any atom is 0.416 e. The van der Waals surface area contributed by atoms with Gasteiger partial charge < -0.3 is 0 Å². The minimum atomic E-state index is -5.28. The van der Waals surface area contributed by atoms with E-state index in [-0.39, 0.29) is 17.0 Å². The zero-order valence-corrected chi connectivity index (χ0v) is 20.1. The summed E-state index contributed by atoms with van der Waals surface area (Å²) in [4.78, 5) is -1.60. The summed E-state index contributed by atoms with van der Waals surface area (Å²) in [6.45, 7) is 0. The van der Waals surface area contributed by atoms with E-state index >= 15 is 0 Å². The molecule has 3 aromatic carbocycles. The molecule has 36 heavy (non-hydrogen) atoms. The van der Waals surface area contributed by atoms with Crippen LogP contribution in [0.4, 0.5) is 52.7 Å². The highest BCUT2D eigenvalue weighted by molar-refractivity contribution is 14.1. The molecule has 194 valence electrons. The fourth-order valence-corrected chi connectivity index (χ4v) is 5.63. The molecule has 0 nitrogen and oxygen atoms in total. The van der Waals surface area contributed by atoms with Gasteiger partial charge in [-0.3, -0.25) is 0 Å². The minimum Gasteiger partial charge on any atom is -0.166 e. The third-order valence-electron chi connectivity index (χ3n) is 4.64. The maximum absolute atomic E-state index is 13.4. The first-order valence-corrected chi connectivity index (χ1v) is 11.7. The minimum absolute atomic E-state index is 0.0877. The van der Waals surface area contributed by atoms with Crippen molar-refractivity contribution in [1.82, 2.24) is 0 Å². The number of rotatable bonds is 3. The second-order valence-corrected chi connectivity index (χ2v) is 10.5. The van der Waals surface area contributed by atoms with Crippen LogP contribution in [-0.2, 0) is 35.6 Å². The van der Waals surface area contributed by atoms with Crippen molar-refractivity contribution in [1.29, 1.82) is 0 Å². The first-order valence-electron chi connectivity index (χ1n) is 9.35. The molecule has 0 atom stereocenters. The molecule has 0 saturated carbocycles. The molecule has 0 unspecified atom stereocenters. The molecule has 0 fully saturated rings. The van der Waals surface area contributed by atoms with Gasteiger partial charge in [-0.25, -0.2) is 0 Å². The molecule has 0 heterocycles. The van der Waals surface area contributed by atoms with Crippen LogP contribution < -0.4 is 0 Å². The summed E-state index contributed by atoms with van der Waals surface area (Å²) in [6, 6.07) is 6.00. The Morgan fingerprint density at radius 3 is 0.944 bits per heavy atom. The molecule has 0 N–H and O–H groups in total. The maximum atomic E-state index is 13.4. The average Bonchev–Trinajstić information content (AvgIpc) is 2.72. The molecule has 0 spiro atoms. The number of benzene rings is 3. The van der Waals surface area contributed by atoms with Gasteiger partial charge in [0.25, 0.3) is 0 Å². The molecule has 0 aromatic heterocycles. The fourth-order valence-electron chi connectivity index (χ4n) is 3.07. The first kappa shape index (κ1) is 28.5. The summed E-state index contributed by atoms with van der Waals surface area (Å²) in [5.41, 5.74) is -7.01. The smallest absolute Gasteiger partial charge is 0.166 e. The van der Waals surface area contributed by atoms with Crippen molar-refractivity contribution in [2.24, 2.45) is 0 Å². The van der Waals surface area contributed by atoms with Gasteiger partial charge in [0.1, 0.15) is 0 Å². The summed E-state index contributed by atoms with van der Waals surface area (Å²) in [5, 5.41) is 0. The van der Waals surface area contributed by atoms with Crippen LogP contribution in [0.5, 0.6) is 0 Å². The van der Waals surface area contributed by atoms with E-state index in [2.05, 4.69) is 0 Å². The number of alkyl halides is 12. The number of hydrogen-bond donors (Lipinski definition) is 0. The van der Waals surface area contributed by atoms with Crippen molar-refractivity contribution in [2.75, 3.05) is 0 Å². The molecule has 0 saturated heterocycles. The monoisotopic (exact) mass is 661 g/mol. The van der Waals surface area contributed by atoms with Gasteiger partial charge >= 0.3 is 24.7 Å². The Morgan fingerprint density at radius 2 is 0.694 bits per heavy atom. The molecule has 0 aliphatic heterocycles. The molecule has 14 heteroatoms. The first-order chi connectivity index (χ1) is 16.3. The normalized spacial score (nSPS) is 13.4. The lowest BCUT2D eigenvalue weighted by Crippen LogP contribution is -2.16. The zero-order valence-electron chi connectivity index (χ0n) is 17.1. The third kappa shape index (κ3) is 6.61. The molecular formula is C22H10F12IS+. The van der Waals surface area contributed by atoms with Crippen LogP contribution in [0, 0.1) is 3.57 Å². The Bertz CT molecular complexity index is 1100. The Balaban J connectivity index is 2.42. The van der Waals surface area contributed by atoms with Crippen molar-refractivity contribution >= 4 is 33.5 Å². The van der Waals surface area contributed by atoms with Crippen molar-refractivity contribution in [2.45, 2.75) is 39.4 Å². The lowest BCUT2D eigenvalue weighted by Gasteiger charge is -2.17. The summed E-state index contributed by atoms with van der Waals surface area (Å²) in [5.74, 6) is 0. The van der Waals surface area contributed by atoms with Crippen molar-refractivity contribution in [3.8, 4) is 0 Å². The fraction of sp³-hybridized carbons (Fsp3) is 0.182. The Morgan fingerprint density at radius 1 is 0.417 bits per heavy atom. The number of halogens is 13. The summed E-state index contributed by atoms with van der Waals surface area (Å²) >= 11 is 1.82. The molecule has 3 aromatic rings. The molecular weight excluding hydrogens is 651 g/mol. The van der Waals surface area contributed by atoms with E-state index in [0.29, 0.717) is 27.8 Å². The van der Waals surface area contributed by atoms with Gasteiger partial charge in [-0.1, -0.05) is 0 Å². The van der Waals surface area contributed by atoms with Gasteiger partial charge in [-0.05, 0) is 59.0 Å². The van der Waals surface area contributed by atoms with Crippen LogP contribution in [0.25, 0.3) is 0 Å². The van der Waals surface area contributed by atoms with Gasteiger partial charge in [0.05, 0.1) is 33.1 Å². The SMILES string of the molecule is FC(F)(F)c1cc([S+](c2ccc(I)cc2)c2cc(C(F)(F)F)cc(C(F)(F)F)c2)cc(C(F)(F)F)c1. The predicted octanol–water partition coefficient (Wildman–Crippen LogP) is 9.46. The second-order valence-electron chi connectivity index (χ2n) is 7.24. The van der Waals surface area contributed by atoms with E-state index in [1.807, 2.05) is 22.6 Å². The van der Waals surface area contributed by atoms with Crippen LogP contribution in [0.15, 0.2) is 75.4 Å². The highest BCUT2D eigenvalue weighted by Crippen LogP contribution is 2.43. The quantitative estimate of drug-likeness (QED) is 0.149. The van der Waals surface area contributed by atoms with E-state index < -0.39 is 67.6 Å². The number of hydrogen-bond acceptors (Lipinski definition) is 0. The van der Waals surface area contributed by atoms with Gasteiger partial charge in [-0.2, -0.15) is 52.7 Å². The van der Waals surface area contributed by atoms with E-state index in [1.165, 1.54) is 24.3 Å². The average molecular weight is 661 g/mol. The Kier molecular flexibility index (Phi) is 7.63. The van der Waals surface area contributed by atoms with Crippen LogP contribution in [0.1, 0.15) is 22.3 Å². The van der Waals surface area contributed by atoms with E-state index in [1.54, 1.807) is 0 Å². The van der Waals surface area contributed by atoms with E-state index in [9.17, 15) is 52.7 Å². The second kappa shape index (κ2) is 9.65. The van der Waals surface area contributed by atoms with Gasteiger partial charge in [0.2, 0.25) is 0 Å². The van der Waals surface area contributed by atoms with Crippen LogP contribution >= 0.6 is 22.6 Å². The van der Waals surface area contributed by atoms with Gasteiger partial charge in [0.15, 0.2) is 14.7 Å². The molecule has 3 rings (SSSR count). The Labute approximate surface area is 211 Å². The van der Waals surface area contributed by atoms with Crippen molar-refractivity contribution in [3.05, 3.63) is 86.5 Å². The zero-order chi connectivity index (χ0) is 27.3. The van der Waals surface area contributed by atoms with Crippen LogP contribution in [-0.4, -0.2) is 0 Å². The van der Waals surface area contributed by atoms with Crippen molar-refractivity contribution in [3.63, 3.8) is 0 Å². The third-order valence-corrected chi connectivity index (χ3v) is 7.52. The molecule has 0 aliphatic rings. The van der Waals surface area contributed by atoms with Crippen LogP contribution in [0.2, 0.25) is 0 Å². The van der Waals surface area contributed by atoms with Gasteiger partial charge in [0, 0.05) is 27.8 Å². The topological polar surface area (TPSA) is 0 Å². The standard InChI is InChI=1S/C22H10F12IS/c23-19(24,25)11-5-12(20(26,27)28)8-17(7-11)36(16-3-1-15(35)2-4-16)18-9-13(21(29,30)31)6-14(10-18)22(32,33)34/h1-10H/q+1. The lowest BCUT2D eigenvalue weighted by molar-refractivity contribution is -0.144. The van der Waals surface area contributed by atoms with Crippen molar-refractivity contribution < 1.29 is 52.7 Å². The van der Waals surface area contributed by atoms with Gasteiger partial charge in [-0.15, -0.1) is 0 Å². The lowest BCUT2D eigenvalue weighted by atomic mass is 10.1. The molecule has 0 radical (unpaired) electrons. The highest BCUT2D eigenvalue weighted by atomic mass is 127. The van der Waals surface area contributed by atoms with E-state index in [0.717, 1.165) is 0 Å². The summed E-state index contributed by atoms with van der Waals surface area (Å²) < 4.78 is 162.